The molecule has 0 radical (unpaired) electrons. The Morgan fingerprint density at radius 1 is 1.00 bits per heavy atom. The van der Waals surface area contributed by atoms with E-state index in [1.54, 1.807) is 0 Å². The van der Waals surface area contributed by atoms with Crippen molar-refractivity contribution in [1.82, 2.24) is 0 Å². The van der Waals surface area contributed by atoms with Gasteiger partial charge in [0.25, 0.3) is 0 Å². The van der Waals surface area contributed by atoms with E-state index >= 15 is 0 Å². The van der Waals surface area contributed by atoms with Crippen LogP contribution in [0.1, 0.15) is 85.5 Å². The first kappa shape index (κ1) is 17.0. The normalized spacial score (nSPS) is 29.7. The number of hydrogen-bond donors (Lipinski definition) is 1. The van der Waals surface area contributed by atoms with E-state index in [-0.39, 0.29) is 6.10 Å². The van der Waals surface area contributed by atoms with E-state index in [1.165, 1.54) is 51.4 Å². The molecular formula is C18H36O. The molecular weight excluding hydrogens is 232 g/mol. The Bertz CT molecular complexity index is 224. The first-order valence-corrected chi connectivity index (χ1v) is 8.67. The van der Waals surface area contributed by atoms with Crippen LogP contribution in [0, 0.1) is 23.7 Å². The minimum Gasteiger partial charge on any atom is -0.393 e. The van der Waals surface area contributed by atoms with Gasteiger partial charge in [-0.15, -0.1) is 0 Å². The Morgan fingerprint density at radius 2 is 1.68 bits per heavy atom. The quantitative estimate of drug-likeness (QED) is 0.623. The third-order valence-corrected chi connectivity index (χ3v) is 5.05. The Hall–Kier alpha value is -0.0400. The fraction of sp³-hybridized carbons (Fsp3) is 1.00. The van der Waals surface area contributed by atoms with Crippen molar-refractivity contribution in [3.05, 3.63) is 0 Å². The fourth-order valence-electron chi connectivity index (χ4n) is 3.42. The molecule has 0 aromatic rings. The zero-order valence-electron chi connectivity index (χ0n) is 13.7. The predicted molar refractivity (Wildman–Crippen MR) is 84.2 cm³/mol. The molecule has 0 amide bonds. The highest BCUT2D eigenvalue weighted by atomic mass is 16.3. The molecule has 0 heterocycles. The fourth-order valence-corrected chi connectivity index (χ4v) is 3.42. The molecule has 0 aromatic heterocycles. The second-order valence-electron chi connectivity index (χ2n) is 7.58. The van der Waals surface area contributed by atoms with E-state index in [9.17, 15) is 5.11 Å². The summed E-state index contributed by atoms with van der Waals surface area (Å²) < 4.78 is 0. The highest BCUT2D eigenvalue weighted by molar-refractivity contribution is 4.77. The van der Waals surface area contributed by atoms with Crippen molar-refractivity contribution >= 4 is 0 Å². The summed E-state index contributed by atoms with van der Waals surface area (Å²) in [7, 11) is 0. The summed E-state index contributed by atoms with van der Waals surface area (Å²) in [4.78, 5) is 0. The largest absolute Gasteiger partial charge is 0.393 e. The number of rotatable bonds is 8. The standard InChI is InChI=1S/C18H36O/c1-14(2)7-5-8-15(3)9-6-10-17-12-11-16(4)18(19)13-17/h14-19H,5-13H2,1-4H3. The summed E-state index contributed by atoms with van der Waals surface area (Å²) in [5.41, 5.74) is 0. The molecule has 1 nitrogen and oxygen atoms in total. The average molecular weight is 268 g/mol. The molecule has 1 rings (SSSR count). The van der Waals surface area contributed by atoms with Gasteiger partial charge >= 0.3 is 0 Å². The summed E-state index contributed by atoms with van der Waals surface area (Å²) in [6.45, 7) is 9.25. The van der Waals surface area contributed by atoms with Crippen LogP contribution in [-0.4, -0.2) is 11.2 Å². The minimum atomic E-state index is -0.0257. The van der Waals surface area contributed by atoms with Crippen LogP contribution in [0.25, 0.3) is 0 Å². The molecule has 1 aliphatic carbocycles. The van der Waals surface area contributed by atoms with Crippen molar-refractivity contribution in [2.75, 3.05) is 0 Å². The van der Waals surface area contributed by atoms with Crippen LogP contribution in [0.2, 0.25) is 0 Å². The maximum absolute atomic E-state index is 9.92. The first-order valence-electron chi connectivity index (χ1n) is 8.67. The monoisotopic (exact) mass is 268 g/mol. The Labute approximate surface area is 121 Å². The van der Waals surface area contributed by atoms with Crippen molar-refractivity contribution in [3.63, 3.8) is 0 Å². The van der Waals surface area contributed by atoms with Gasteiger partial charge in [0.05, 0.1) is 6.10 Å². The van der Waals surface area contributed by atoms with Gasteiger partial charge in [0.15, 0.2) is 0 Å². The van der Waals surface area contributed by atoms with Crippen LogP contribution in [0.15, 0.2) is 0 Å². The van der Waals surface area contributed by atoms with Crippen LogP contribution in [-0.2, 0) is 0 Å². The second-order valence-corrected chi connectivity index (χ2v) is 7.58. The van der Waals surface area contributed by atoms with Crippen LogP contribution < -0.4 is 0 Å². The first-order chi connectivity index (χ1) is 8.99. The third-order valence-electron chi connectivity index (χ3n) is 5.05. The van der Waals surface area contributed by atoms with Crippen molar-refractivity contribution in [1.29, 1.82) is 0 Å². The topological polar surface area (TPSA) is 20.2 Å². The molecule has 1 saturated carbocycles. The van der Waals surface area contributed by atoms with Gasteiger partial charge in [-0.05, 0) is 36.5 Å². The summed E-state index contributed by atoms with van der Waals surface area (Å²) in [6, 6.07) is 0. The second kappa shape index (κ2) is 9.00. The van der Waals surface area contributed by atoms with E-state index in [0.717, 1.165) is 24.2 Å². The lowest BCUT2D eigenvalue weighted by Crippen LogP contribution is -2.27. The number of hydrogen-bond acceptors (Lipinski definition) is 1. The van der Waals surface area contributed by atoms with Gasteiger partial charge in [-0.1, -0.05) is 72.6 Å². The van der Waals surface area contributed by atoms with E-state index in [2.05, 4.69) is 27.7 Å². The molecule has 19 heavy (non-hydrogen) atoms. The summed E-state index contributed by atoms with van der Waals surface area (Å²) >= 11 is 0. The van der Waals surface area contributed by atoms with Gasteiger partial charge in [0.2, 0.25) is 0 Å². The number of aliphatic hydroxyl groups excluding tert-OH is 1. The maximum atomic E-state index is 9.92. The molecule has 1 aliphatic rings. The van der Waals surface area contributed by atoms with Crippen molar-refractivity contribution < 1.29 is 5.11 Å². The Kier molecular flexibility index (Phi) is 8.06. The Morgan fingerprint density at radius 3 is 2.32 bits per heavy atom. The van der Waals surface area contributed by atoms with Crippen molar-refractivity contribution in [2.45, 2.75) is 91.6 Å². The molecule has 114 valence electrons. The zero-order chi connectivity index (χ0) is 14.3. The molecule has 0 aromatic carbocycles. The highest BCUT2D eigenvalue weighted by Gasteiger charge is 2.25. The van der Waals surface area contributed by atoms with Crippen LogP contribution in [0.5, 0.6) is 0 Å². The van der Waals surface area contributed by atoms with Crippen LogP contribution in [0.4, 0.5) is 0 Å². The van der Waals surface area contributed by atoms with Gasteiger partial charge in [-0.2, -0.15) is 0 Å². The third kappa shape index (κ3) is 7.34. The van der Waals surface area contributed by atoms with Gasteiger partial charge in [-0.3, -0.25) is 0 Å². The lowest BCUT2D eigenvalue weighted by atomic mass is 9.78. The highest BCUT2D eigenvalue weighted by Crippen LogP contribution is 2.32. The molecule has 1 heteroatoms. The molecule has 4 unspecified atom stereocenters. The predicted octanol–water partition coefficient (Wildman–Crippen LogP) is 5.42. The summed E-state index contributed by atoms with van der Waals surface area (Å²) in [6.07, 6.45) is 11.9. The van der Waals surface area contributed by atoms with E-state index in [4.69, 9.17) is 0 Å². The minimum absolute atomic E-state index is 0.0257. The molecule has 0 aliphatic heterocycles. The number of aliphatic hydroxyl groups is 1. The van der Waals surface area contributed by atoms with E-state index in [1.807, 2.05) is 0 Å². The van der Waals surface area contributed by atoms with Gasteiger partial charge in [-0.25, -0.2) is 0 Å². The van der Waals surface area contributed by atoms with Crippen molar-refractivity contribution in [2.24, 2.45) is 23.7 Å². The van der Waals surface area contributed by atoms with E-state index in [0.29, 0.717) is 5.92 Å². The average Bonchev–Trinajstić information content (AvgIpc) is 2.33. The van der Waals surface area contributed by atoms with Gasteiger partial charge in [0.1, 0.15) is 0 Å². The van der Waals surface area contributed by atoms with Crippen molar-refractivity contribution in [3.8, 4) is 0 Å². The van der Waals surface area contributed by atoms with Gasteiger partial charge < -0.3 is 5.11 Å². The van der Waals surface area contributed by atoms with Gasteiger partial charge in [0, 0.05) is 0 Å². The van der Waals surface area contributed by atoms with Crippen LogP contribution in [0.3, 0.4) is 0 Å². The maximum Gasteiger partial charge on any atom is 0.0568 e. The zero-order valence-corrected chi connectivity index (χ0v) is 13.7. The smallest absolute Gasteiger partial charge is 0.0568 e. The van der Waals surface area contributed by atoms with Crippen LogP contribution >= 0.6 is 0 Å². The molecule has 0 spiro atoms. The lowest BCUT2D eigenvalue weighted by molar-refractivity contribution is 0.0502. The SMILES string of the molecule is CC(C)CCCC(C)CCCC1CCC(C)C(O)C1. The van der Waals surface area contributed by atoms with E-state index < -0.39 is 0 Å². The molecule has 1 fully saturated rings. The summed E-state index contributed by atoms with van der Waals surface area (Å²) in [5.74, 6) is 3.09. The molecule has 0 bridgehead atoms. The lowest BCUT2D eigenvalue weighted by Gasteiger charge is -2.31. The summed E-state index contributed by atoms with van der Waals surface area (Å²) in [5, 5.41) is 9.92. The molecule has 0 saturated heterocycles. The molecule has 1 N–H and O–H groups in total. The molecule has 4 atom stereocenters. The Balaban J connectivity index is 2.03.